The molecule has 0 saturated heterocycles. The molecule has 21 heavy (non-hydrogen) atoms. The number of nitrogens with one attached hydrogen (secondary N) is 2. The summed E-state index contributed by atoms with van der Waals surface area (Å²) in [6.45, 7) is 7.00. The van der Waals surface area contributed by atoms with E-state index in [4.69, 9.17) is 0 Å². The Labute approximate surface area is 125 Å². The highest BCUT2D eigenvalue weighted by Crippen LogP contribution is 2.06. The summed E-state index contributed by atoms with van der Waals surface area (Å²) in [6, 6.07) is 1.55. The zero-order chi connectivity index (χ0) is 16.0. The summed E-state index contributed by atoms with van der Waals surface area (Å²) in [5.41, 5.74) is 0.432. The smallest absolute Gasteiger partial charge is 0.253 e. The molecule has 116 valence electrons. The first kappa shape index (κ1) is 17.1. The van der Waals surface area contributed by atoms with Gasteiger partial charge in [0, 0.05) is 31.0 Å². The number of hydrogen-bond acceptors (Lipinski definition) is 4. The van der Waals surface area contributed by atoms with Gasteiger partial charge in [-0.1, -0.05) is 0 Å². The lowest BCUT2D eigenvalue weighted by molar-refractivity contribution is 0.0919. The molecule has 1 rings (SSSR count). The van der Waals surface area contributed by atoms with Gasteiger partial charge in [-0.3, -0.25) is 14.6 Å². The van der Waals surface area contributed by atoms with Crippen molar-refractivity contribution in [1.29, 1.82) is 0 Å². The van der Waals surface area contributed by atoms with E-state index >= 15 is 0 Å². The molecule has 0 saturated carbocycles. The molecule has 0 bridgehead atoms. The molecular weight excluding hydrogens is 268 g/mol. The number of carbonyl (C=O) groups is 2. The molecule has 0 aliphatic rings. The summed E-state index contributed by atoms with van der Waals surface area (Å²) in [5.74, 6) is -0.465. The molecule has 0 spiro atoms. The highest BCUT2D eigenvalue weighted by atomic mass is 16.2. The van der Waals surface area contributed by atoms with Gasteiger partial charge in [0.2, 0.25) is 0 Å². The third-order valence-electron chi connectivity index (χ3n) is 2.60. The molecule has 0 radical (unpaired) electrons. The molecule has 0 aliphatic heterocycles. The molecule has 0 fully saturated rings. The fourth-order valence-corrected chi connectivity index (χ4v) is 1.60. The quantitative estimate of drug-likeness (QED) is 0.845. The van der Waals surface area contributed by atoms with E-state index < -0.39 is 0 Å². The summed E-state index contributed by atoms with van der Waals surface area (Å²) < 4.78 is 0. The zero-order valence-corrected chi connectivity index (χ0v) is 13.4. The highest BCUT2D eigenvalue weighted by molar-refractivity contribution is 5.99. The second-order valence-corrected chi connectivity index (χ2v) is 6.23. The van der Waals surface area contributed by atoms with E-state index in [2.05, 4.69) is 15.6 Å². The first-order valence-corrected chi connectivity index (χ1v) is 6.89. The number of rotatable bonds is 5. The molecule has 1 heterocycles. The highest BCUT2D eigenvalue weighted by Gasteiger charge is 2.16. The summed E-state index contributed by atoms with van der Waals surface area (Å²) in [4.78, 5) is 30.0. The van der Waals surface area contributed by atoms with Crippen LogP contribution in [0.15, 0.2) is 18.5 Å². The Balaban J connectivity index is 2.71. The van der Waals surface area contributed by atoms with Crippen LogP contribution < -0.4 is 10.6 Å². The SMILES string of the molecule is CN(C)CCNC(=O)c1cncc(C(=O)NC(C)(C)C)c1. The van der Waals surface area contributed by atoms with Crippen molar-refractivity contribution in [3.63, 3.8) is 0 Å². The lowest BCUT2D eigenvalue weighted by Crippen LogP contribution is -2.40. The van der Waals surface area contributed by atoms with Crippen LogP contribution in [0, 0.1) is 0 Å². The Morgan fingerprint density at radius 2 is 1.71 bits per heavy atom. The minimum absolute atomic E-state index is 0.227. The third kappa shape index (κ3) is 6.35. The Bertz CT molecular complexity index is 507. The number of amides is 2. The molecule has 1 aromatic heterocycles. The van der Waals surface area contributed by atoms with Crippen LogP contribution in [-0.4, -0.2) is 54.4 Å². The third-order valence-corrected chi connectivity index (χ3v) is 2.60. The van der Waals surface area contributed by atoms with E-state index in [0.717, 1.165) is 6.54 Å². The first-order valence-electron chi connectivity index (χ1n) is 6.89. The number of likely N-dealkylation sites (N-methyl/N-ethyl adjacent to an activating group) is 1. The average molecular weight is 292 g/mol. The molecule has 2 amide bonds. The van der Waals surface area contributed by atoms with Gasteiger partial charge in [-0.25, -0.2) is 0 Å². The Kier molecular flexibility index (Phi) is 5.84. The van der Waals surface area contributed by atoms with E-state index in [1.54, 1.807) is 6.07 Å². The van der Waals surface area contributed by atoms with Crippen molar-refractivity contribution in [3.05, 3.63) is 29.6 Å². The van der Waals surface area contributed by atoms with Crippen LogP contribution in [0.5, 0.6) is 0 Å². The van der Waals surface area contributed by atoms with Crippen LogP contribution in [-0.2, 0) is 0 Å². The number of hydrogen-bond donors (Lipinski definition) is 2. The van der Waals surface area contributed by atoms with Crippen LogP contribution in [0.1, 0.15) is 41.5 Å². The van der Waals surface area contributed by atoms with Crippen LogP contribution in [0.4, 0.5) is 0 Å². The first-order chi connectivity index (χ1) is 9.69. The van der Waals surface area contributed by atoms with E-state index in [1.807, 2.05) is 39.8 Å². The van der Waals surface area contributed by atoms with Gasteiger partial charge < -0.3 is 15.5 Å². The summed E-state index contributed by atoms with van der Waals surface area (Å²) in [7, 11) is 3.87. The van der Waals surface area contributed by atoms with E-state index in [1.165, 1.54) is 12.4 Å². The van der Waals surface area contributed by atoms with Crippen molar-refractivity contribution in [3.8, 4) is 0 Å². The molecule has 0 aromatic carbocycles. The van der Waals surface area contributed by atoms with Gasteiger partial charge in [-0.05, 0) is 40.9 Å². The van der Waals surface area contributed by atoms with Gasteiger partial charge >= 0.3 is 0 Å². The molecule has 6 nitrogen and oxygen atoms in total. The molecule has 0 atom stereocenters. The maximum atomic E-state index is 12.0. The number of nitrogens with zero attached hydrogens (tertiary/aromatic N) is 2. The van der Waals surface area contributed by atoms with Crippen molar-refractivity contribution in [2.75, 3.05) is 27.2 Å². The standard InChI is InChI=1S/C15H24N4O2/c1-15(2,3)18-14(21)12-8-11(9-16-10-12)13(20)17-6-7-19(4)5/h8-10H,6-7H2,1-5H3,(H,17,20)(H,18,21). The maximum absolute atomic E-state index is 12.0. The number of aromatic nitrogens is 1. The Morgan fingerprint density at radius 1 is 1.14 bits per heavy atom. The minimum Gasteiger partial charge on any atom is -0.351 e. The van der Waals surface area contributed by atoms with Crippen LogP contribution >= 0.6 is 0 Å². The van der Waals surface area contributed by atoms with E-state index in [-0.39, 0.29) is 17.4 Å². The second kappa shape index (κ2) is 7.17. The lowest BCUT2D eigenvalue weighted by Gasteiger charge is -2.20. The largest absolute Gasteiger partial charge is 0.351 e. The molecule has 2 N–H and O–H groups in total. The fraction of sp³-hybridized carbons (Fsp3) is 0.533. The van der Waals surface area contributed by atoms with Crippen LogP contribution in [0.2, 0.25) is 0 Å². The number of carbonyl (C=O) groups excluding carboxylic acids is 2. The Hall–Kier alpha value is -1.95. The van der Waals surface area contributed by atoms with Gasteiger partial charge in [0.1, 0.15) is 0 Å². The van der Waals surface area contributed by atoms with E-state index in [0.29, 0.717) is 17.7 Å². The summed E-state index contributed by atoms with van der Waals surface area (Å²) in [5, 5.41) is 5.63. The molecule has 0 unspecified atom stereocenters. The fourth-order valence-electron chi connectivity index (χ4n) is 1.60. The summed E-state index contributed by atoms with van der Waals surface area (Å²) in [6.07, 6.45) is 2.91. The molecule has 6 heteroatoms. The number of pyridine rings is 1. The predicted molar refractivity (Wildman–Crippen MR) is 82.3 cm³/mol. The van der Waals surface area contributed by atoms with Crippen molar-refractivity contribution >= 4 is 11.8 Å². The van der Waals surface area contributed by atoms with Gasteiger partial charge in [0.15, 0.2) is 0 Å². The topological polar surface area (TPSA) is 74.3 Å². The molecule has 1 aromatic rings. The van der Waals surface area contributed by atoms with Gasteiger partial charge in [0.05, 0.1) is 11.1 Å². The van der Waals surface area contributed by atoms with Gasteiger partial charge in [0.25, 0.3) is 11.8 Å². The minimum atomic E-state index is -0.332. The normalized spacial score (nSPS) is 11.3. The van der Waals surface area contributed by atoms with Crippen LogP contribution in [0.3, 0.4) is 0 Å². The summed E-state index contributed by atoms with van der Waals surface area (Å²) >= 11 is 0. The van der Waals surface area contributed by atoms with Crippen LogP contribution in [0.25, 0.3) is 0 Å². The zero-order valence-electron chi connectivity index (χ0n) is 13.4. The monoisotopic (exact) mass is 292 g/mol. The average Bonchev–Trinajstić information content (AvgIpc) is 2.36. The van der Waals surface area contributed by atoms with Crippen molar-refractivity contribution in [2.24, 2.45) is 0 Å². The Morgan fingerprint density at radius 3 is 2.24 bits per heavy atom. The maximum Gasteiger partial charge on any atom is 0.253 e. The van der Waals surface area contributed by atoms with Crippen molar-refractivity contribution in [1.82, 2.24) is 20.5 Å². The molecule has 0 aliphatic carbocycles. The predicted octanol–water partition coefficient (Wildman–Crippen LogP) is 0.901. The van der Waals surface area contributed by atoms with E-state index in [9.17, 15) is 9.59 Å². The molecular formula is C15H24N4O2. The van der Waals surface area contributed by atoms with Crippen molar-refractivity contribution < 1.29 is 9.59 Å². The van der Waals surface area contributed by atoms with Gasteiger partial charge in [-0.15, -0.1) is 0 Å². The second-order valence-electron chi connectivity index (χ2n) is 6.23. The van der Waals surface area contributed by atoms with Gasteiger partial charge in [-0.2, -0.15) is 0 Å². The van der Waals surface area contributed by atoms with Crippen molar-refractivity contribution in [2.45, 2.75) is 26.3 Å². The lowest BCUT2D eigenvalue weighted by atomic mass is 10.1.